The number of amides is 1. The maximum Gasteiger partial charge on any atom is 0.406 e. The maximum atomic E-state index is 11.9. The second-order valence-electron chi connectivity index (χ2n) is 2.92. The standard InChI is InChI=1S/C8H9F6NO/c1-2-3-6(16)15(4-7(9,10)11)5-8(12,13)14/h2-3H,4-5H2,1H3. The molecule has 0 fully saturated rings. The molecule has 0 unspecified atom stereocenters. The molecule has 0 aliphatic rings. The van der Waals surface area contributed by atoms with Crippen LogP contribution in [0.3, 0.4) is 0 Å². The van der Waals surface area contributed by atoms with Crippen LogP contribution in [0.25, 0.3) is 0 Å². The highest BCUT2D eigenvalue weighted by molar-refractivity contribution is 5.87. The molecule has 0 aromatic heterocycles. The number of hydrogen-bond donors (Lipinski definition) is 0. The molecule has 94 valence electrons. The first-order chi connectivity index (χ1) is 7.05. The molecular weight excluding hydrogens is 240 g/mol. The van der Waals surface area contributed by atoms with E-state index in [4.69, 9.17) is 0 Å². The van der Waals surface area contributed by atoms with Crippen molar-refractivity contribution < 1.29 is 31.1 Å². The third kappa shape index (κ3) is 7.13. The molecule has 0 atom stereocenters. The predicted molar refractivity (Wildman–Crippen MR) is 43.5 cm³/mol. The van der Waals surface area contributed by atoms with Gasteiger partial charge in [0, 0.05) is 0 Å². The van der Waals surface area contributed by atoms with Gasteiger partial charge in [-0.1, -0.05) is 6.08 Å². The summed E-state index contributed by atoms with van der Waals surface area (Å²) >= 11 is 0. The average Bonchev–Trinajstić information content (AvgIpc) is 1.97. The second-order valence-corrected chi connectivity index (χ2v) is 2.92. The fourth-order valence-electron chi connectivity index (χ4n) is 0.893. The van der Waals surface area contributed by atoms with Crippen LogP contribution in [-0.2, 0) is 4.79 Å². The number of hydrogen-bond acceptors (Lipinski definition) is 1. The Morgan fingerprint density at radius 1 is 1.06 bits per heavy atom. The number of rotatable bonds is 3. The van der Waals surface area contributed by atoms with Gasteiger partial charge in [0.2, 0.25) is 5.91 Å². The molecule has 0 radical (unpaired) electrons. The van der Waals surface area contributed by atoms with Crippen molar-refractivity contribution in [1.29, 1.82) is 0 Å². The van der Waals surface area contributed by atoms with E-state index >= 15 is 0 Å². The first-order valence-corrected chi connectivity index (χ1v) is 4.10. The van der Waals surface area contributed by atoms with Crippen molar-refractivity contribution in [3.05, 3.63) is 12.2 Å². The summed E-state index contributed by atoms with van der Waals surface area (Å²) in [7, 11) is 0. The van der Waals surface area contributed by atoms with Gasteiger partial charge in [0.05, 0.1) is 0 Å². The van der Waals surface area contributed by atoms with E-state index in [1.54, 1.807) is 0 Å². The van der Waals surface area contributed by atoms with E-state index in [-0.39, 0.29) is 4.90 Å². The number of halogens is 6. The van der Waals surface area contributed by atoms with E-state index in [0.29, 0.717) is 6.08 Å². The Bertz CT molecular complexity index is 251. The van der Waals surface area contributed by atoms with Crippen LogP contribution in [0.15, 0.2) is 12.2 Å². The zero-order valence-electron chi connectivity index (χ0n) is 8.19. The molecule has 0 spiro atoms. The Hall–Kier alpha value is -1.21. The van der Waals surface area contributed by atoms with Crippen LogP contribution in [0.5, 0.6) is 0 Å². The number of alkyl halides is 6. The molecule has 0 aromatic rings. The summed E-state index contributed by atoms with van der Waals surface area (Å²) in [5, 5.41) is 0. The summed E-state index contributed by atoms with van der Waals surface area (Å²) in [4.78, 5) is 10.6. The van der Waals surface area contributed by atoms with Gasteiger partial charge >= 0.3 is 12.4 Å². The molecule has 0 saturated heterocycles. The first kappa shape index (κ1) is 14.8. The Morgan fingerprint density at radius 3 is 1.69 bits per heavy atom. The first-order valence-electron chi connectivity index (χ1n) is 4.10. The highest BCUT2D eigenvalue weighted by atomic mass is 19.4. The lowest BCUT2D eigenvalue weighted by Crippen LogP contribution is -2.43. The van der Waals surface area contributed by atoms with Crippen molar-refractivity contribution in [3.8, 4) is 0 Å². The summed E-state index contributed by atoms with van der Waals surface area (Å²) in [6.45, 7) is -2.53. The van der Waals surface area contributed by atoms with Crippen molar-refractivity contribution in [1.82, 2.24) is 4.90 Å². The van der Waals surface area contributed by atoms with Crippen LogP contribution in [0.2, 0.25) is 0 Å². The smallest absolute Gasteiger partial charge is 0.321 e. The van der Waals surface area contributed by atoms with Gasteiger partial charge in [-0.2, -0.15) is 26.3 Å². The van der Waals surface area contributed by atoms with E-state index < -0.39 is 31.3 Å². The minimum atomic E-state index is -4.86. The molecule has 16 heavy (non-hydrogen) atoms. The molecular formula is C8H9F6NO. The van der Waals surface area contributed by atoms with Crippen LogP contribution in [-0.4, -0.2) is 36.2 Å². The van der Waals surface area contributed by atoms with E-state index in [2.05, 4.69) is 0 Å². The van der Waals surface area contributed by atoms with Gasteiger partial charge in [0.25, 0.3) is 0 Å². The minimum absolute atomic E-state index is 0.306. The van der Waals surface area contributed by atoms with Crippen molar-refractivity contribution in [3.63, 3.8) is 0 Å². The van der Waals surface area contributed by atoms with E-state index in [9.17, 15) is 31.1 Å². The molecule has 0 aliphatic carbocycles. The van der Waals surface area contributed by atoms with Crippen LogP contribution < -0.4 is 0 Å². The Kier molecular flexibility index (Phi) is 4.82. The molecule has 1 amide bonds. The molecule has 0 heterocycles. The number of nitrogens with zero attached hydrogens (tertiary/aromatic N) is 1. The lowest BCUT2D eigenvalue weighted by atomic mass is 10.4. The molecule has 0 aromatic carbocycles. The zero-order chi connectivity index (χ0) is 13.0. The van der Waals surface area contributed by atoms with Crippen LogP contribution >= 0.6 is 0 Å². The van der Waals surface area contributed by atoms with Gasteiger partial charge in [-0.15, -0.1) is 0 Å². The van der Waals surface area contributed by atoms with Crippen molar-refractivity contribution in [2.75, 3.05) is 13.1 Å². The largest absolute Gasteiger partial charge is 0.406 e. The molecule has 0 bridgehead atoms. The van der Waals surface area contributed by atoms with E-state index in [1.165, 1.54) is 6.92 Å². The highest BCUT2D eigenvalue weighted by Gasteiger charge is 2.38. The molecule has 0 N–H and O–H groups in total. The SMILES string of the molecule is CC=CC(=O)N(CC(F)(F)F)CC(F)(F)F. The molecule has 8 heteroatoms. The maximum absolute atomic E-state index is 11.9. The normalized spacial score (nSPS) is 13.2. The Morgan fingerprint density at radius 2 is 1.44 bits per heavy atom. The number of carbonyl (C=O) groups excluding carboxylic acids is 1. The molecule has 0 rings (SSSR count). The summed E-state index contributed by atoms with van der Waals surface area (Å²) in [5.41, 5.74) is 0. The lowest BCUT2D eigenvalue weighted by Gasteiger charge is -2.23. The van der Waals surface area contributed by atoms with Crippen LogP contribution in [0, 0.1) is 0 Å². The second kappa shape index (κ2) is 5.22. The van der Waals surface area contributed by atoms with E-state index in [1.807, 2.05) is 0 Å². The van der Waals surface area contributed by atoms with Crippen molar-refractivity contribution in [2.45, 2.75) is 19.3 Å². The summed E-state index contributed by atoms with van der Waals surface area (Å²) < 4.78 is 71.4. The predicted octanol–water partition coefficient (Wildman–Crippen LogP) is 2.52. The van der Waals surface area contributed by atoms with Gasteiger partial charge < -0.3 is 4.90 Å². The average molecular weight is 249 g/mol. The molecule has 0 aliphatic heterocycles. The van der Waals surface area contributed by atoms with Crippen LogP contribution in [0.1, 0.15) is 6.92 Å². The van der Waals surface area contributed by atoms with Crippen molar-refractivity contribution >= 4 is 5.91 Å². The van der Waals surface area contributed by atoms with Gasteiger partial charge in [0.1, 0.15) is 13.1 Å². The van der Waals surface area contributed by atoms with Crippen LogP contribution in [0.4, 0.5) is 26.3 Å². The monoisotopic (exact) mass is 249 g/mol. The third-order valence-corrected chi connectivity index (χ3v) is 1.36. The Balaban J connectivity index is 4.71. The van der Waals surface area contributed by atoms with Gasteiger partial charge in [-0.05, 0) is 13.0 Å². The number of allylic oxidation sites excluding steroid dienone is 1. The zero-order valence-corrected chi connectivity index (χ0v) is 8.19. The van der Waals surface area contributed by atoms with Gasteiger partial charge in [0.15, 0.2) is 0 Å². The molecule has 0 saturated carbocycles. The Labute approximate surface area is 87.5 Å². The molecule has 2 nitrogen and oxygen atoms in total. The number of carbonyl (C=O) groups is 1. The van der Waals surface area contributed by atoms with Gasteiger partial charge in [-0.3, -0.25) is 4.79 Å². The topological polar surface area (TPSA) is 20.3 Å². The summed E-state index contributed by atoms with van der Waals surface area (Å²) in [5.74, 6) is -1.32. The van der Waals surface area contributed by atoms with E-state index in [0.717, 1.165) is 6.08 Å². The summed E-state index contributed by atoms with van der Waals surface area (Å²) in [6, 6.07) is 0. The quantitative estimate of drug-likeness (QED) is 0.556. The minimum Gasteiger partial charge on any atom is -0.321 e. The third-order valence-electron chi connectivity index (χ3n) is 1.36. The fourth-order valence-corrected chi connectivity index (χ4v) is 0.893. The van der Waals surface area contributed by atoms with Gasteiger partial charge in [-0.25, -0.2) is 0 Å². The fraction of sp³-hybridized carbons (Fsp3) is 0.625. The lowest BCUT2D eigenvalue weighted by molar-refractivity contribution is -0.185. The van der Waals surface area contributed by atoms with Crippen molar-refractivity contribution in [2.24, 2.45) is 0 Å². The summed E-state index contributed by atoms with van der Waals surface area (Å²) in [6.07, 6.45) is -8.00. The highest BCUT2D eigenvalue weighted by Crippen LogP contribution is 2.21.